The Kier molecular flexibility index (Phi) is 1.45. The Balaban J connectivity index is 2.42. The van der Waals surface area contributed by atoms with Crippen LogP contribution >= 0.6 is 0 Å². The minimum Gasteiger partial charge on any atom is -0.308 e. The summed E-state index contributed by atoms with van der Waals surface area (Å²) in [5.41, 5.74) is 5.18. The third-order valence-electron chi connectivity index (χ3n) is 1.18. The minimum atomic E-state index is -0.0463. The summed E-state index contributed by atoms with van der Waals surface area (Å²) in [5.74, 6) is 0.0208. The van der Waals surface area contributed by atoms with Gasteiger partial charge < -0.3 is 5.32 Å². The van der Waals surface area contributed by atoms with Crippen molar-refractivity contribution in [2.45, 2.75) is 6.04 Å². The molecule has 0 bridgehead atoms. The van der Waals surface area contributed by atoms with E-state index in [2.05, 4.69) is 16.2 Å². The zero-order valence-corrected chi connectivity index (χ0v) is 4.69. The average Bonchev–Trinajstić information content (AvgIpc) is 2.14. The van der Waals surface area contributed by atoms with Gasteiger partial charge >= 0.3 is 0 Å². The van der Waals surface area contributed by atoms with Gasteiger partial charge in [-0.15, -0.1) is 0 Å². The fourth-order valence-corrected chi connectivity index (χ4v) is 0.653. The second-order valence-electron chi connectivity index (χ2n) is 1.71. The van der Waals surface area contributed by atoms with Crippen LogP contribution in [0.1, 0.15) is 0 Å². The monoisotopic (exact) mass is 115 g/mol. The molecule has 1 atom stereocenters. The van der Waals surface area contributed by atoms with Crippen LogP contribution < -0.4 is 16.2 Å². The summed E-state index contributed by atoms with van der Waals surface area (Å²) in [6, 6.07) is -0.0463. The molecule has 0 aliphatic carbocycles. The second kappa shape index (κ2) is 2.11. The van der Waals surface area contributed by atoms with Crippen LogP contribution in [-0.4, -0.2) is 25.5 Å². The number of hydrazine groups is 1. The van der Waals surface area contributed by atoms with Gasteiger partial charge in [0, 0.05) is 6.54 Å². The molecule has 3 N–H and O–H groups in total. The third kappa shape index (κ3) is 0.801. The van der Waals surface area contributed by atoms with Crippen LogP contribution in [0.2, 0.25) is 0 Å². The van der Waals surface area contributed by atoms with Gasteiger partial charge in [-0.1, -0.05) is 0 Å². The largest absolute Gasteiger partial charge is 0.308 e. The van der Waals surface area contributed by atoms with Crippen LogP contribution in [0, 0.1) is 0 Å². The van der Waals surface area contributed by atoms with E-state index in [1.807, 2.05) is 0 Å². The lowest BCUT2D eigenvalue weighted by molar-refractivity contribution is -0.121. The van der Waals surface area contributed by atoms with Crippen LogP contribution in [0.4, 0.5) is 0 Å². The van der Waals surface area contributed by atoms with Crippen LogP contribution in [0.25, 0.3) is 0 Å². The highest BCUT2D eigenvalue weighted by atomic mass is 16.2. The first-order chi connectivity index (χ1) is 3.84. The van der Waals surface area contributed by atoms with E-state index in [9.17, 15) is 4.79 Å². The maximum Gasteiger partial charge on any atom is 0.252 e. The molecule has 0 aromatic carbocycles. The summed E-state index contributed by atoms with van der Waals surface area (Å²) in [4.78, 5) is 10.6. The molecule has 1 fully saturated rings. The smallest absolute Gasteiger partial charge is 0.252 e. The number of carbonyl (C=O) groups is 1. The summed E-state index contributed by atoms with van der Waals surface area (Å²) in [6.07, 6.45) is 0. The molecule has 0 saturated carbocycles. The van der Waals surface area contributed by atoms with Crippen molar-refractivity contribution >= 4 is 5.91 Å². The molecule has 0 spiro atoms. The van der Waals surface area contributed by atoms with Gasteiger partial charge in [-0.3, -0.25) is 10.2 Å². The van der Waals surface area contributed by atoms with Gasteiger partial charge in [0.1, 0.15) is 6.04 Å². The summed E-state index contributed by atoms with van der Waals surface area (Å²) in [5, 5.41) is 2.84. The predicted molar refractivity (Wildman–Crippen MR) is 29.0 cm³/mol. The molecular weight excluding hydrogens is 106 g/mol. The number of hydrogen-bond donors (Lipinski definition) is 3. The highest BCUT2D eigenvalue weighted by Gasteiger charge is 2.20. The van der Waals surface area contributed by atoms with Gasteiger partial charge in [0.15, 0.2) is 0 Å². The maximum absolute atomic E-state index is 10.6. The lowest BCUT2D eigenvalue weighted by Gasteiger charge is -1.99. The predicted octanol–water partition coefficient (Wildman–Crippen LogP) is -1.79. The SMILES string of the molecule is CNC1CNNC1=O. The molecule has 4 heteroatoms. The van der Waals surface area contributed by atoms with Crippen molar-refractivity contribution in [2.75, 3.05) is 13.6 Å². The first-order valence-electron chi connectivity index (χ1n) is 2.54. The Labute approximate surface area is 47.6 Å². The third-order valence-corrected chi connectivity index (χ3v) is 1.18. The van der Waals surface area contributed by atoms with Crippen molar-refractivity contribution in [1.29, 1.82) is 0 Å². The molecule has 1 amide bonds. The molecule has 46 valence electrons. The van der Waals surface area contributed by atoms with Crippen LogP contribution in [0.3, 0.4) is 0 Å². The molecule has 0 radical (unpaired) electrons. The van der Waals surface area contributed by atoms with Crippen molar-refractivity contribution < 1.29 is 4.79 Å². The zero-order valence-electron chi connectivity index (χ0n) is 4.69. The maximum atomic E-state index is 10.6. The van der Waals surface area contributed by atoms with Crippen LogP contribution in [0.15, 0.2) is 0 Å². The number of amides is 1. The summed E-state index contributed by atoms with van der Waals surface area (Å²) >= 11 is 0. The molecule has 1 aliphatic heterocycles. The van der Waals surface area contributed by atoms with E-state index in [4.69, 9.17) is 0 Å². The molecule has 1 unspecified atom stereocenters. The fourth-order valence-electron chi connectivity index (χ4n) is 0.653. The zero-order chi connectivity index (χ0) is 5.98. The number of rotatable bonds is 1. The normalized spacial score (nSPS) is 28.1. The molecular formula is C4H9N3O. The molecule has 1 rings (SSSR count). The van der Waals surface area contributed by atoms with E-state index >= 15 is 0 Å². The second-order valence-corrected chi connectivity index (χ2v) is 1.71. The number of likely N-dealkylation sites (N-methyl/N-ethyl adjacent to an activating group) is 1. The lowest BCUT2D eigenvalue weighted by atomic mass is 10.3. The van der Waals surface area contributed by atoms with Gasteiger partial charge in [0.25, 0.3) is 5.91 Å². The molecule has 1 aliphatic rings. The van der Waals surface area contributed by atoms with Crippen molar-refractivity contribution in [3.05, 3.63) is 0 Å². The van der Waals surface area contributed by atoms with Gasteiger partial charge in [0.2, 0.25) is 0 Å². The van der Waals surface area contributed by atoms with E-state index in [0.717, 1.165) is 0 Å². The quantitative estimate of drug-likeness (QED) is 0.378. The van der Waals surface area contributed by atoms with E-state index in [-0.39, 0.29) is 11.9 Å². The highest BCUT2D eigenvalue weighted by molar-refractivity contribution is 5.83. The van der Waals surface area contributed by atoms with Gasteiger partial charge in [-0.05, 0) is 7.05 Å². The molecule has 0 aromatic rings. The van der Waals surface area contributed by atoms with Crippen molar-refractivity contribution in [2.24, 2.45) is 0 Å². The van der Waals surface area contributed by atoms with Crippen LogP contribution in [-0.2, 0) is 4.79 Å². The van der Waals surface area contributed by atoms with Crippen LogP contribution in [0.5, 0.6) is 0 Å². The van der Waals surface area contributed by atoms with Gasteiger partial charge in [-0.25, -0.2) is 5.43 Å². The van der Waals surface area contributed by atoms with E-state index < -0.39 is 0 Å². The molecule has 1 saturated heterocycles. The summed E-state index contributed by atoms with van der Waals surface area (Å²) < 4.78 is 0. The number of carbonyl (C=O) groups excluding carboxylic acids is 1. The first-order valence-corrected chi connectivity index (χ1v) is 2.54. The molecule has 8 heavy (non-hydrogen) atoms. The van der Waals surface area contributed by atoms with Crippen molar-refractivity contribution in [3.8, 4) is 0 Å². The standard InChI is InChI=1S/C4H9N3O/c1-5-3-2-6-7-4(3)8/h3,5-6H,2H2,1H3,(H,7,8). The number of hydrogen-bond acceptors (Lipinski definition) is 3. The Morgan fingerprint density at radius 2 is 2.62 bits per heavy atom. The fraction of sp³-hybridized carbons (Fsp3) is 0.750. The lowest BCUT2D eigenvalue weighted by Crippen LogP contribution is -2.34. The molecule has 1 heterocycles. The summed E-state index contributed by atoms with van der Waals surface area (Å²) in [7, 11) is 1.76. The molecule has 0 aromatic heterocycles. The summed E-state index contributed by atoms with van der Waals surface area (Å²) in [6.45, 7) is 0.676. The highest BCUT2D eigenvalue weighted by Crippen LogP contribution is 1.83. The van der Waals surface area contributed by atoms with E-state index in [1.165, 1.54) is 0 Å². The topological polar surface area (TPSA) is 53.2 Å². The Bertz CT molecular complexity index is 103. The van der Waals surface area contributed by atoms with Crippen molar-refractivity contribution in [1.82, 2.24) is 16.2 Å². The van der Waals surface area contributed by atoms with E-state index in [0.29, 0.717) is 6.54 Å². The Morgan fingerprint density at radius 3 is 2.88 bits per heavy atom. The van der Waals surface area contributed by atoms with Crippen molar-refractivity contribution in [3.63, 3.8) is 0 Å². The average molecular weight is 115 g/mol. The van der Waals surface area contributed by atoms with E-state index in [1.54, 1.807) is 7.05 Å². The first kappa shape index (κ1) is 5.53. The van der Waals surface area contributed by atoms with Gasteiger partial charge in [-0.2, -0.15) is 0 Å². The van der Waals surface area contributed by atoms with Gasteiger partial charge in [0.05, 0.1) is 0 Å². The number of nitrogens with one attached hydrogen (secondary N) is 3. The Hall–Kier alpha value is -0.610. The Morgan fingerprint density at radius 1 is 1.88 bits per heavy atom. The molecule has 4 nitrogen and oxygen atoms in total. The minimum absolute atomic E-state index is 0.0208.